The Bertz CT molecular complexity index is 465. The normalized spacial score (nSPS) is 10.2. The highest BCUT2D eigenvalue weighted by Gasteiger charge is 1.97. The molecule has 0 aromatic heterocycles. The highest BCUT2D eigenvalue weighted by atomic mass is 35.5. The molecule has 1 nitrogen and oxygen atoms in total. The summed E-state index contributed by atoms with van der Waals surface area (Å²) in [6.45, 7) is 0. The third-order valence-electron chi connectivity index (χ3n) is 2.38. The minimum Gasteiger partial charge on any atom is -0.497 e. The molecule has 2 aromatic rings. The van der Waals surface area contributed by atoms with Crippen molar-refractivity contribution in [2.45, 2.75) is 10.6 Å². The van der Waals surface area contributed by atoms with Crippen LogP contribution in [-0.4, -0.2) is 7.11 Å². The average Bonchev–Trinajstić information content (AvgIpc) is 2.39. The van der Waals surface area contributed by atoms with Crippen LogP contribution in [0, 0.1) is 0 Å². The van der Waals surface area contributed by atoms with Gasteiger partial charge >= 0.3 is 0 Å². The number of hydrogen-bond donors (Lipinski definition) is 0. The minimum atomic E-state index is 0.777. The van der Waals surface area contributed by atoms with Gasteiger partial charge in [-0.05, 0) is 42.0 Å². The topological polar surface area (TPSA) is 9.23 Å². The molecule has 0 radical (unpaired) electrons. The zero-order valence-corrected chi connectivity index (χ0v) is 11.1. The van der Waals surface area contributed by atoms with Crippen molar-refractivity contribution in [2.75, 3.05) is 7.11 Å². The summed E-state index contributed by atoms with van der Waals surface area (Å²) < 4.78 is 5.12. The van der Waals surface area contributed by atoms with Crippen molar-refractivity contribution in [3.05, 3.63) is 59.1 Å². The second-order valence-electron chi connectivity index (χ2n) is 3.59. The summed E-state index contributed by atoms with van der Waals surface area (Å²) >= 11 is 7.64. The van der Waals surface area contributed by atoms with Gasteiger partial charge in [0.2, 0.25) is 0 Å². The van der Waals surface area contributed by atoms with E-state index >= 15 is 0 Å². The molecule has 88 valence electrons. The van der Waals surface area contributed by atoms with E-state index in [1.54, 1.807) is 18.9 Å². The third-order valence-corrected chi connectivity index (χ3v) is 3.71. The van der Waals surface area contributed by atoms with Gasteiger partial charge in [-0.1, -0.05) is 23.7 Å². The number of benzene rings is 2. The minimum absolute atomic E-state index is 0.777. The molecule has 0 saturated heterocycles. The van der Waals surface area contributed by atoms with Crippen molar-refractivity contribution >= 4 is 23.4 Å². The number of halogens is 1. The van der Waals surface area contributed by atoms with Gasteiger partial charge in [-0.15, -0.1) is 11.8 Å². The van der Waals surface area contributed by atoms with Crippen LogP contribution in [-0.2, 0) is 5.75 Å². The fourth-order valence-electron chi connectivity index (χ4n) is 1.42. The van der Waals surface area contributed by atoms with Crippen LogP contribution in [0.2, 0.25) is 5.02 Å². The summed E-state index contributed by atoms with van der Waals surface area (Å²) in [7, 11) is 1.68. The fourth-order valence-corrected chi connectivity index (χ4v) is 2.40. The molecule has 2 aromatic carbocycles. The monoisotopic (exact) mass is 264 g/mol. The molecule has 0 bridgehead atoms. The molecule has 0 aliphatic heterocycles. The van der Waals surface area contributed by atoms with Gasteiger partial charge in [-0.3, -0.25) is 0 Å². The third kappa shape index (κ3) is 3.69. The SMILES string of the molecule is COc1ccc(CSc2ccc(Cl)cc2)cc1. The lowest BCUT2D eigenvalue weighted by Gasteiger charge is -2.04. The molecule has 2 rings (SSSR count). The summed E-state index contributed by atoms with van der Waals surface area (Å²) in [5.41, 5.74) is 1.28. The second kappa shape index (κ2) is 5.99. The van der Waals surface area contributed by atoms with Crippen LogP contribution in [0.5, 0.6) is 5.75 Å². The van der Waals surface area contributed by atoms with E-state index < -0.39 is 0 Å². The molecule has 0 amide bonds. The van der Waals surface area contributed by atoms with E-state index in [9.17, 15) is 0 Å². The fraction of sp³-hybridized carbons (Fsp3) is 0.143. The zero-order valence-electron chi connectivity index (χ0n) is 9.52. The Balaban J connectivity index is 1.95. The summed E-state index contributed by atoms with van der Waals surface area (Å²) in [6.07, 6.45) is 0. The maximum Gasteiger partial charge on any atom is 0.118 e. The van der Waals surface area contributed by atoms with E-state index in [4.69, 9.17) is 16.3 Å². The lowest BCUT2D eigenvalue weighted by atomic mass is 10.2. The summed E-state index contributed by atoms with van der Waals surface area (Å²) in [6, 6.07) is 16.0. The first-order valence-corrected chi connectivity index (χ1v) is 6.65. The van der Waals surface area contributed by atoms with E-state index in [2.05, 4.69) is 12.1 Å². The maximum atomic E-state index is 5.84. The molecular weight excluding hydrogens is 252 g/mol. The van der Waals surface area contributed by atoms with Crippen LogP contribution in [0.3, 0.4) is 0 Å². The smallest absolute Gasteiger partial charge is 0.118 e. The quantitative estimate of drug-likeness (QED) is 0.744. The van der Waals surface area contributed by atoms with Crippen LogP contribution in [0.1, 0.15) is 5.56 Å². The van der Waals surface area contributed by atoms with E-state index in [0.717, 1.165) is 16.5 Å². The van der Waals surface area contributed by atoms with Crippen molar-refractivity contribution in [1.82, 2.24) is 0 Å². The molecule has 0 aliphatic carbocycles. The Labute approximate surface area is 111 Å². The number of thioether (sulfide) groups is 1. The Morgan fingerprint density at radius 2 is 1.65 bits per heavy atom. The Morgan fingerprint density at radius 1 is 1.00 bits per heavy atom. The Kier molecular flexibility index (Phi) is 4.35. The van der Waals surface area contributed by atoms with Gasteiger partial charge in [0.1, 0.15) is 5.75 Å². The van der Waals surface area contributed by atoms with Crippen molar-refractivity contribution in [2.24, 2.45) is 0 Å². The van der Waals surface area contributed by atoms with Gasteiger partial charge in [0.25, 0.3) is 0 Å². The second-order valence-corrected chi connectivity index (χ2v) is 5.08. The highest BCUT2D eigenvalue weighted by molar-refractivity contribution is 7.98. The van der Waals surface area contributed by atoms with Crippen molar-refractivity contribution in [3.63, 3.8) is 0 Å². The standard InChI is InChI=1S/C14H13ClOS/c1-16-13-6-2-11(3-7-13)10-17-14-8-4-12(15)5-9-14/h2-9H,10H2,1H3. The maximum absolute atomic E-state index is 5.84. The van der Waals surface area contributed by atoms with Gasteiger partial charge < -0.3 is 4.74 Å². The van der Waals surface area contributed by atoms with E-state index in [0.29, 0.717) is 0 Å². The van der Waals surface area contributed by atoms with Crippen molar-refractivity contribution in [1.29, 1.82) is 0 Å². The summed E-state index contributed by atoms with van der Waals surface area (Å²) in [5, 5.41) is 0.777. The molecule has 0 heterocycles. The van der Waals surface area contributed by atoms with E-state index in [1.807, 2.05) is 36.4 Å². The molecule has 0 fully saturated rings. The van der Waals surface area contributed by atoms with Gasteiger partial charge in [-0.25, -0.2) is 0 Å². The van der Waals surface area contributed by atoms with Crippen molar-refractivity contribution in [3.8, 4) is 5.75 Å². The first kappa shape index (κ1) is 12.3. The van der Waals surface area contributed by atoms with Crippen LogP contribution in [0.25, 0.3) is 0 Å². The molecule has 0 unspecified atom stereocenters. The lowest BCUT2D eigenvalue weighted by Crippen LogP contribution is -1.84. The van der Waals surface area contributed by atoms with E-state index in [1.165, 1.54) is 10.5 Å². The van der Waals surface area contributed by atoms with Crippen LogP contribution >= 0.6 is 23.4 Å². The summed E-state index contributed by atoms with van der Waals surface area (Å²) in [5.74, 6) is 1.84. The van der Waals surface area contributed by atoms with Gasteiger partial charge in [0.05, 0.1) is 7.11 Å². The highest BCUT2D eigenvalue weighted by Crippen LogP contribution is 2.24. The van der Waals surface area contributed by atoms with Gasteiger partial charge in [0, 0.05) is 15.7 Å². The van der Waals surface area contributed by atoms with Crippen LogP contribution in [0.15, 0.2) is 53.4 Å². The average molecular weight is 265 g/mol. The van der Waals surface area contributed by atoms with E-state index in [-0.39, 0.29) is 0 Å². The van der Waals surface area contributed by atoms with Crippen LogP contribution < -0.4 is 4.74 Å². The predicted octanol–water partition coefficient (Wildman–Crippen LogP) is 4.64. The molecule has 0 saturated carbocycles. The largest absolute Gasteiger partial charge is 0.497 e. The molecule has 0 spiro atoms. The molecule has 17 heavy (non-hydrogen) atoms. The lowest BCUT2D eigenvalue weighted by molar-refractivity contribution is 0.414. The van der Waals surface area contributed by atoms with Crippen LogP contribution in [0.4, 0.5) is 0 Å². The van der Waals surface area contributed by atoms with Crippen molar-refractivity contribution < 1.29 is 4.74 Å². The molecular formula is C14H13ClOS. The number of ether oxygens (including phenoxy) is 1. The molecule has 0 N–H and O–H groups in total. The predicted molar refractivity (Wildman–Crippen MR) is 74.0 cm³/mol. The first-order chi connectivity index (χ1) is 8.28. The number of rotatable bonds is 4. The van der Waals surface area contributed by atoms with Gasteiger partial charge in [-0.2, -0.15) is 0 Å². The number of hydrogen-bond acceptors (Lipinski definition) is 2. The summed E-state index contributed by atoms with van der Waals surface area (Å²) in [4.78, 5) is 1.23. The van der Waals surface area contributed by atoms with Gasteiger partial charge in [0.15, 0.2) is 0 Å². The Morgan fingerprint density at radius 3 is 2.24 bits per heavy atom. The first-order valence-electron chi connectivity index (χ1n) is 5.29. The molecule has 3 heteroatoms. The Hall–Kier alpha value is -1.12. The number of methoxy groups -OCH3 is 1. The molecule has 0 atom stereocenters. The molecule has 0 aliphatic rings. The zero-order chi connectivity index (χ0) is 12.1.